The minimum Gasteiger partial charge on any atom is -0.475 e. The Morgan fingerprint density at radius 2 is 2.30 bits per heavy atom. The maximum absolute atomic E-state index is 10.8. The van der Waals surface area contributed by atoms with Crippen molar-refractivity contribution >= 4 is 5.97 Å². The molecule has 3 rings (SSSR count). The molecule has 1 unspecified atom stereocenters. The van der Waals surface area contributed by atoms with Crippen LogP contribution in [-0.2, 0) is 0 Å². The fraction of sp³-hybridized carbons (Fsp3) is 0.333. The topological polar surface area (TPSA) is 66.6 Å². The first-order valence-electron chi connectivity index (χ1n) is 6.62. The van der Waals surface area contributed by atoms with Gasteiger partial charge in [-0.05, 0) is 37.6 Å². The highest BCUT2D eigenvalue weighted by atomic mass is 16.5. The van der Waals surface area contributed by atoms with E-state index in [9.17, 15) is 4.79 Å². The predicted octanol–water partition coefficient (Wildman–Crippen LogP) is 2.46. The maximum atomic E-state index is 10.8. The normalized spacial score (nSPS) is 19.4. The third-order valence-electron chi connectivity index (χ3n) is 3.77. The summed E-state index contributed by atoms with van der Waals surface area (Å²) < 4.78 is 4.81. The molecular formula is C15H16N2O3. The number of carboxylic acids is 1. The van der Waals surface area contributed by atoms with Crippen LogP contribution in [0.5, 0.6) is 0 Å². The van der Waals surface area contributed by atoms with Gasteiger partial charge in [-0.2, -0.15) is 0 Å². The van der Waals surface area contributed by atoms with Crippen molar-refractivity contribution in [3.05, 3.63) is 41.7 Å². The number of carboxylic acid groups (broad SMARTS) is 1. The van der Waals surface area contributed by atoms with Crippen LogP contribution in [0.4, 0.5) is 0 Å². The van der Waals surface area contributed by atoms with Gasteiger partial charge in [-0.25, -0.2) is 4.79 Å². The molecule has 0 bridgehead atoms. The summed E-state index contributed by atoms with van der Waals surface area (Å²) in [6, 6.07) is 9.56. The third kappa shape index (κ3) is 2.44. The van der Waals surface area contributed by atoms with E-state index in [-0.39, 0.29) is 5.76 Å². The molecule has 20 heavy (non-hydrogen) atoms. The molecule has 0 aliphatic carbocycles. The molecule has 0 radical (unpaired) electrons. The first-order valence-corrected chi connectivity index (χ1v) is 6.62. The maximum Gasteiger partial charge on any atom is 0.374 e. The smallest absolute Gasteiger partial charge is 0.374 e. The molecular weight excluding hydrogens is 256 g/mol. The molecule has 104 valence electrons. The van der Waals surface area contributed by atoms with Crippen LogP contribution in [-0.4, -0.2) is 41.3 Å². The summed E-state index contributed by atoms with van der Waals surface area (Å²) in [5.74, 6) is -0.700. The number of hydrogen-bond donors (Lipinski definition) is 1. The van der Waals surface area contributed by atoms with E-state index in [1.807, 2.05) is 12.1 Å². The van der Waals surface area contributed by atoms with Gasteiger partial charge in [0.05, 0.1) is 0 Å². The molecule has 1 aliphatic rings. The standard InChI is InChI=1S/C15H16N2O3/c1-17-6-5-12(9-17)10-3-2-4-11(7-10)13-8-14(15(18)19)20-16-13/h2-4,7-8,12H,5-6,9H2,1H3,(H,18,19). The van der Waals surface area contributed by atoms with Crippen LogP contribution >= 0.6 is 0 Å². The average Bonchev–Trinajstić information content (AvgIpc) is 3.07. The Morgan fingerprint density at radius 3 is 2.95 bits per heavy atom. The molecule has 2 heterocycles. The van der Waals surface area contributed by atoms with Crippen molar-refractivity contribution in [2.45, 2.75) is 12.3 Å². The number of rotatable bonds is 3. The lowest BCUT2D eigenvalue weighted by Gasteiger charge is -2.11. The number of likely N-dealkylation sites (N-methyl/N-ethyl adjacent to an activating group) is 1. The van der Waals surface area contributed by atoms with Gasteiger partial charge in [0.25, 0.3) is 0 Å². The summed E-state index contributed by atoms with van der Waals surface area (Å²) in [6.07, 6.45) is 1.15. The van der Waals surface area contributed by atoms with Crippen LogP contribution in [0.3, 0.4) is 0 Å². The number of aromatic carboxylic acids is 1. The summed E-state index contributed by atoms with van der Waals surface area (Å²) in [6.45, 7) is 2.17. The fourth-order valence-corrected chi connectivity index (χ4v) is 2.67. The van der Waals surface area contributed by atoms with E-state index in [1.165, 1.54) is 11.6 Å². The first kappa shape index (κ1) is 12.9. The Bertz CT molecular complexity index is 636. The Hall–Kier alpha value is -2.14. The molecule has 1 saturated heterocycles. The molecule has 1 aromatic carbocycles. The number of benzene rings is 1. The van der Waals surface area contributed by atoms with Gasteiger partial charge in [-0.1, -0.05) is 23.4 Å². The Labute approximate surface area is 116 Å². The van der Waals surface area contributed by atoms with Gasteiger partial charge >= 0.3 is 5.97 Å². The number of hydrogen-bond acceptors (Lipinski definition) is 4. The zero-order valence-electron chi connectivity index (χ0n) is 11.2. The van der Waals surface area contributed by atoms with E-state index in [0.29, 0.717) is 11.6 Å². The second kappa shape index (κ2) is 5.09. The average molecular weight is 272 g/mol. The Balaban J connectivity index is 1.88. The zero-order valence-corrected chi connectivity index (χ0v) is 11.2. The van der Waals surface area contributed by atoms with Crippen molar-refractivity contribution < 1.29 is 14.4 Å². The molecule has 1 fully saturated rings. The van der Waals surface area contributed by atoms with E-state index in [4.69, 9.17) is 9.63 Å². The van der Waals surface area contributed by atoms with Crippen molar-refractivity contribution in [3.8, 4) is 11.3 Å². The molecule has 0 saturated carbocycles. The lowest BCUT2D eigenvalue weighted by molar-refractivity contribution is 0.0652. The van der Waals surface area contributed by atoms with Gasteiger partial charge in [0.15, 0.2) is 0 Å². The first-order chi connectivity index (χ1) is 9.63. The quantitative estimate of drug-likeness (QED) is 0.929. The van der Waals surface area contributed by atoms with Gasteiger partial charge in [0.1, 0.15) is 5.69 Å². The Morgan fingerprint density at radius 1 is 1.45 bits per heavy atom. The predicted molar refractivity (Wildman–Crippen MR) is 73.8 cm³/mol. The monoisotopic (exact) mass is 272 g/mol. The van der Waals surface area contributed by atoms with Crippen LogP contribution in [0.15, 0.2) is 34.9 Å². The minimum absolute atomic E-state index is 0.133. The fourth-order valence-electron chi connectivity index (χ4n) is 2.67. The van der Waals surface area contributed by atoms with Gasteiger partial charge < -0.3 is 14.5 Å². The zero-order chi connectivity index (χ0) is 14.1. The summed E-state index contributed by atoms with van der Waals surface area (Å²) in [5, 5.41) is 12.7. The van der Waals surface area contributed by atoms with E-state index < -0.39 is 5.97 Å². The molecule has 1 N–H and O–H groups in total. The van der Waals surface area contributed by atoms with Gasteiger partial charge in [-0.3, -0.25) is 0 Å². The largest absolute Gasteiger partial charge is 0.475 e. The van der Waals surface area contributed by atoms with Crippen LogP contribution < -0.4 is 0 Å². The highest BCUT2D eigenvalue weighted by Crippen LogP contribution is 2.29. The minimum atomic E-state index is -1.10. The number of aromatic nitrogens is 1. The molecule has 5 nitrogen and oxygen atoms in total. The SMILES string of the molecule is CN1CCC(c2cccc(-c3cc(C(=O)O)on3)c2)C1. The molecule has 0 spiro atoms. The van der Waals surface area contributed by atoms with E-state index in [1.54, 1.807) is 0 Å². The van der Waals surface area contributed by atoms with E-state index >= 15 is 0 Å². The Kier molecular flexibility index (Phi) is 3.28. The second-order valence-electron chi connectivity index (χ2n) is 5.25. The highest BCUT2D eigenvalue weighted by Gasteiger charge is 2.21. The van der Waals surface area contributed by atoms with Crippen LogP contribution in [0, 0.1) is 0 Å². The van der Waals surface area contributed by atoms with Gasteiger partial charge in [0.2, 0.25) is 5.76 Å². The van der Waals surface area contributed by atoms with Crippen LogP contribution in [0.1, 0.15) is 28.5 Å². The molecule has 1 atom stereocenters. The van der Waals surface area contributed by atoms with Crippen molar-refractivity contribution in [2.24, 2.45) is 0 Å². The second-order valence-corrected chi connectivity index (χ2v) is 5.25. The highest BCUT2D eigenvalue weighted by molar-refractivity contribution is 5.85. The molecule has 0 amide bonds. The summed E-state index contributed by atoms with van der Waals surface area (Å²) >= 11 is 0. The number of carbonyl (C=O) groups is 1. The van der Waals surface area contributed by atoms with Crippen molar-refractivity contribution in [1.82, 2.24) is 10.1 Å². The van der Waals surface area contributed by atoms with Crippen LogP contribution in [0.2, 0.25) is 0 Å². The molecule has 5 heteroatoms. The summed E-state index contributed by atoms with van der Waals surface area (Å²) in [7, 11) is 2.13. The summed E-state index contributed by atoms with van der Waals surface area (Å²) in [4.78, 5) is 13.1. The van der Waals surface area contributed by atoms with E-state index in [2.05, 4.69) is 29.2 Å². The van der Waals surface area contributed by atoms with Crippen molar-refractivity contribution in [2.75, 3.05) is 20.1 Å². The molecule has 2 aromatic rings. The van der Waals surface area contributed by atoms with Crippen molar-refractivity contribution in [1.29, 1.82) is 0 Å². The van der Waals surface area contributed by atoms with Gasteiger partial charge in [0, 0.05) is 18.2 Å². The number of likely N-dealkylation sites (tertiary alicyclic amines) is 1. The summed E-state index contributed by atoms with van der Waals surface area (Å²) in [5.41, 5.74) is 2.73. The number of nitrogens with zero attached hydrogens (tertiary/aromatic N) is 2. The van der Waals surface area contributed by atoms with Crippen molar-refractivity contribution in [3.63, 3.8) is 0 Å². The van der Waals surface area contributed by atoms with Crippen LogP contribution in [0.25, 0.3) is 11.3 Å². The third-order valence-corrected chi connectivity index (χ3v) is 3.77. The van der Waals surface area contributed by atoms with E-state index in [0.717, 1.165) is 25.1 Å². The van der Waals surface area contributed by atoms with Gasteiger partial charge in [-0.15, -0.1) is 0 Å². The molecule has 1 aromatic heterocycles. The lowest BCUT2D eigenvalue weighted by Crippen LogP contribution is -2.13. The lowest BCUT2D eigenvalue weighted by atomic mass is 9.96. The molecule has 1 aliphatic heterocycles.